The van der Waals surface area contributed by atoms with E-state index in [1.54, 1.807) is 6.07 Å². The van der Waals surface area contributed by atoms with Crippen LogP contribution < -0.4 is 16.8 Å². The second-order valence-corrected chi connectivity index (χ2v) is 5.06. The average Bonchev–Trinajstić information content (AvgIpc) is 2.80. The number of carbonyl (C=O) groups excluding carboxylic acids is 1. The molecule has 1 aliphatic carbocycles. The molecule has 4 atom stereocenters. The topological polar surface area (TPSA) is 90.4 Å². The maximum absolute atomic E-state index is 13.6. The van der Waals surface area contributed by atoms with Gasteiger partial charge in [-0.05, 0) is 18.6 Å². The molecule has 2 aliphatic rings. The second-order valence-electron chi connectivity index (χ2n) is 5.06. The molecule has 1 saturated carbocycles. The van der Waals surface area contributed by atoms with Gasteiger partial charge in [0.15, 0.2) is 0 Å². The zero-order chi connectivity index (χ0) is 13.6. The van der Waals surface area contributed by atoms with E-state index in [0.717, 1.165) is 6.42 Å². The molecule has 4 unspecified atom stereocenters. The van der Waals surface area contributed by atoms with Crippen LogP contribution in [-0.4, -0.2) is 30.7 Å². The van der Waals surface area contributed by atoms with Gasteiger partial charge in [-0.15, -0.1) is 0 Å². The van der Waals surface area contributed by atoms with E-state index < -0.39 is 11.7 Å². The van der Waals surface area contributed by atoms with Crippen molar-refractivity contribution < 1.29 is 13.9 Å². The van der Waals surface area contributed by atoms with Crippen LogP contribution in [0.4, 0.5) is 10.1 Å². The number of nitrogens with two attached hydrogens (primary N) is 2. The fraction of sp³-hybridized carbons (Fsp3) is 0.462. The maximum Gasteiger partial charge on any atom is 0.253 e. The molecule has 6 heteroatoms. The van der Waals surface area contributed by atoms with Gasteiger partial charge in [0.05, 0.1) is 23.4 Å². The van der Waals surface area contributed by atoms with Crippen molar-refractivity contribution in [2.75, 3.05) is 11.9 Å². The number of hydrogen-bond donors (Lipinski definition) is 3. The molecular formula is C13H16FN3O2. The van der Waals surface area contributed by atoms with Gasteiger partial charge < -0.3 is 21.5 Å². The smallest absolute Gasteiger partial charge is 0.253 e. The number of primary amides is 1. The SMILES string of the molecule is NC(=O)c1c(F)cccc1NC1C(N)C2CCOC21. The van der Waals surface area contributed by atoms with Crippen LogP contribution >= 0.6 is 0 Å². The molecule has 19 heavy (non-hydrogen) atoms. The van der Waals surface area contributed by atoms with Gasteiger partial charge in [-0.1, -0.05) is 6.07 Å². The van der Waals surface area contributed by atoms with Crippen molar-refractivity contribution in [3.05, 3.63) is 29.6 Å². The minimum Gasteiger partial charge on any atom is -0.377 e. The maximum atomic E-state index is 13.6. The summed E-state index contributed by atoms with van der Waals surface area (Å²) < 4.78 is 19.2. The Hall–Kier alpha value is -1.66. The summed E-state index contributed by atoms with van der Waals surface area (Å²) in [5, 5.41) is 3.10. The second kappa shape index (κ2) is 4.47. The lowest BCUT2D eigenvalue weighted by atomic mass is 9.72. The minimum atomic E-state index is -0.794. The lowest BCUT2D eigenvalue weighted by Crippen LogP contribution is -2.65. The third-order valence-electron chi connectivity index (χ3n) is 4.03. The fourth-order valence-corrected chi connectivity index (χ4v) is 3.00. The molecular weight excluding hydrogens is 249 g/mol. The number of fused-ring (bicyclic) bond motifs is 1. The molecule has 1 amide bonds. The molecule has 0 radical (unpaired) electrons. The number of benzene rings is 1. The van der Waals surface area contributed by atoms with Gasteiger partial charge in [-0.2, -0.15) is 0 Å². The molecule has 2 fully saturated rings. The summed E-state index contributed by atoms with van der Waals surface area (Å²) in [5.41, 5.74) is 11.5. The third-order valence-corrected chi connectivity index (χ3v) is 4.03. The predicted octanol–water partition coefficient (Wildman–Crippen LogP) is 0.451. The van der Waals surface area contributed by atoms with E-state index >= 15 is 0 Å². The Morgan fingerprint density at radius 2 is 2.26 bits per heavy atom. The highest BCUT2D eigenvalue weighted by atomic mass is 19.1. The molecule has 0 spiro atoms. The van der Waals surface area contributed by atoms with Crippen LogP contribution in [0.1, 0.15) is 16.8 Å². The Kier molecular flexibility index (Phi) is 2.91. The van der Waals surface area contributed by atoms with Crippen molar-refractivity contribution in [3.63, 3.8) is 0 Å². The van der Waals surface area contributed by atoms with E-state index in [9.17, 15) is 9.18 Å². The van der Waals surface area contributed by atoms with Gasteiger partial charge in [0.25, 0.3) is 5.91 Å². The van der Waals surface area contributed by atoms with Crippen LogP contribution in [0.15, 0.2) is 18.2 Å². The molecule has 1 aliphatic heterocycles. The molecule has 1 heterocycles. The summed E-state index contributed by atoms with van der Waals surface area (Å²) in [4.78, 5) is 11.3. The summed E-state index contributed by atoms with van der Waals surface area (Å²) >= 11 is 0. The zero-order valence-corrected chi connectivity index (χ0v) is 10.3. The first kappa shape index (κ1) is 12.4. The molecule has 102 valence electrons. The highest BCUT2D eigenvalue weighted by Crippen LogP contribution is 2.39. The van der Waals surface area contributed by atoms with Crippen LogP contribution in [0.3, 0.4) is 0 Å². The van der Waals surface area contributed by atoms with Crippen molar-refractivity contribution in [1.29, 1.82) is 0 Å². The Morgan fingerprint density at radius 1 is 1.47 bits per heavy atom. The van der Waals surface area contributed by atoms with Crippen LogP contribution in [-0.2, 0) is 4.74 Å². The molecule has 0 bridgehead atoms. The van der Waals surface area contributed by atoms with Crippen molar-refractivity contribution in [1.82, 2.24) is 0 Å². The number of rotatable bonds is 3. The molecule has 1 aromatic carbocycles. The van der Waals surface area contributed by atoms with Crippen LogP contribution in [0.25, 0.3) is 0 Å². The summed E-state index contributed by atoms with van der Waals surface area (Å²) in [7, 11) is 0. The first-order valence-corrected chi connectivity index (χ1v) is 6.31. The Labute approximate surface area is 110 Å². The van der Waals surface area contributed by atoms with Crippen molar-refractivity contribution in [2.24, 2.45) is 17.4 Å². The van der Waals surface area contributed by atoms with Gasteiger partial charge in [0.1, 0.15) is 5.82 Å². The van der Waals surface area contributed by atoms with E-state index in [0.29, 0.717) is 18.2 Å². The van der Waals surface area contributed by atoms with E-state index in [2.05, 4.69) is 5.32 Å². The van der Waals surface area contributed by atoms with E-state index in [1.165, 1.54) is 12.1 Å². The van der Waals surface area contributed by atoms with Crippen LogP contribution in [0.5, 0.6) is 0 Å². The molecule has 0 aromatic heterocycles. The molecule has 5 N–H and O–H groups in total. The molecule has 3 rings (SSSR count). The van der Waals surface area contributed by atoms with E-state index in [1.807, 2.05) is 0 Å². The Balaban J connectivity index is 1.84. The number of ether oxygens (including phenoxy) is 1. The standard InChI is InChI=1S/C13H16FN3O2/c14-7-2-1-3-8(9(7)13(16)18)17-11-10(15)6-4-5-19-12(6)11/h1-3,6,10-12,17H,4-5,15H2,(H2,16,18). The first-order valence-electron chi connectivity index (χ1n) is 6.31. The lowest BCUT2D eigenvalue weighted by Gasteiger charge is -2.46. The first-order chi connectivity index (χ1) is 9.09. The van der Waals surface area contributed by atoms with Crippen LogP contribution in [0.2, 0.25) is 0 Å². The predicted molar refractivity (Wildman–Crippen MR) is 68.2 cm³/mol. The zero-order valence-electron chi connectivity index (χ0n) is 10.3. The molecule has 5 nitrogen and oxygen atoms in total. The number of carbonyl (C=O) groups is 1. The van der Waals surface area contributed by atoms with Crippen molar-refractivity contribution in [3.8, 4) is 0 Å². The minimum absolute atomic E-state index is 0.0407. The number of amides is 1. The van der Waals surface area contributed by atoms with E-state index in [4.69, 9.17) is 16.2 Å². The molecule has 1 saturated heterocycles. The van der Waals surface area contributed by atoms with Crippen LogP contribution in [0, 0.1) is 11.7 Å². The summed E-state index contributed by atoms with van der Waals surface area (Å²) in [5.74, 6) is -1.07. The highest BCUT2D eigenvalue weighted by molar-refractivity contribution is 5.98. The summed E-state index contributed by atoms with van der Waals surface area (Å²) in [6, 6.07) is 4.21. The van der Waals surface area contributed by atoms with Gasteiger partial charge >= 0.3 is 0 Å². The van der Waals surface area contributed by atoms with Crippen molar-refractivity contribution in [2.45, 2.75) is 24.6 Å². The van der Waals surface area contributed by atoms with Gasteiger partial charge in [-0.25, -0.2) is 4.39 Å². The Morgan fingerprint density at radius 3 is 3.00 bits per heavy atom. The van der Waals surface area contributed by atoms with Gasteiger partial charge in [0, 0.05) is 18.6 Å². The van der Waals surface area contributed by atoms with E-state index in [-0.39, 0.29) is 23.8 Å². The number of halogens is 1. The largest absolute Gasteiger partial charge is 0.377 e. The number of nitrogens with one attached hydrogen (secondary N) is 1. The summed E-state index contributed by atoms with van der Waals surface area (Å²) in [6.45, 7) is 0.701. The molecule has 1 aromatic rings. The number of anilines is 1. The average molecular weight is 265 g/mol. The highest BCUT2D eigenvalue weighted by Gasteiger charge is 2.52. The lowest BCUT2D eigenvalue weighted by molar-refractivity contribution is 0.00533. The monoisotopic (exact) mass is 265 g/mol. The van der Waals surface area contributed by atoms with Gasteiger partial charge in [-0.3, -0.25) is 4.79 Å². The van der Waals surface area contributed by atoms with Crippen molar-refractivity contribution >= 4 is 11.6 Å². The summed E-state index contributed by atoms with van der Waals surface area (Å²) in [6.07, 6.45) is 0.995. The third kappa shape index (κ3) is 1.87. The fourth-order valence-electron chi connectivity index (χ4n) is 3.00. The quantitative estimate of drug-likeness (QED) is 0.740. The normalized spacial score (nSPS) is 32.5. The van der Waals surface area contributed by atoms with Gasteiger partial charge in [0.2, 0.25) is 0 Å². The Bertz CT molecular complexity index is 523. The number of hydrogen-bond acceptors (Lipinski definition) is 4.